The summed E-state index contributed by atoms with van der Waals surface area (Å²) in [5.41, 5.74) is 1.74. The summed E-state index contributed by atoms with van der Waals surface area (Å²) < 4.78 is 25.5. The number of hydrogen-bond donors (Lipinski definition) is 2. The molecule has 0 saturated carbocycles. The van der Waals surface area contributed by atoms with E-state index in [4.69, 9.17) is 9.05 Å². The Hall–Kier alpha value is -1.98. The van der Waals surface area contributed by atoms with E-state index in [1.807, 2.05) is 81.4 Å². The Bertz CT molecular complexity index is 765. The van der Waals surface area contributed by atoms with E-state index in [2.05, 4.69) is 5.32 Å². The number of nitrogens with one attached hydrogen (secondary N) is 1. The van der Waals surface area contributed by atoms with Gasteiger partial charge in [0.05, 0.1) is 13.2 Å². The van der Waals surface area contributed by atoms with E-state index in [1.54, 1.807) is 0 Å². The Labute approximate surface area is 179 Å². The minimum atomic E-state index is -3.67. The standard InChI is InChI=1S/C23H32NO5P/c1-4-22(24-21(23(25)26)15-18(2)3)30(27,28-16-19-11-7-5-8-12-19)29-17-20-13-9-6-10-14-20/h5-14,18,21-22,24H,4,15-17H2,1-3H3,(H,25,26)/t21-,22+/m1/s1. The molecule has 7 heteroatoms. The average Bonchev–Trinajstić information content (AvgIpc) is 2.75. The summed E-state index contributed by atoms with van der Waals surface area (Å²) in [5, 5.41) is 12.6. The number of aliphatic carboxylic acids is 1. The van der Waals surface area contributed by atoms with Crippen LogP contribution in [0.5, 0.6) is 0 Å². The van der Waals surface area contributed by atoms with Crippen molar-refractivity contribution in [3.63, 3.8) is 0 Å². The topological polar surface area (TPSA) is 84.9 Å². The van der Waals surface area contributed by atoms with E-state index in [1.165, 1.54) is 0 Å². The molecule has 164 valence electrons. The Kier molecular flexibility index (Phi) is 9.73. The Morgan fingerprint density at radius 2 is 1.43 bits per heavy atom. The van der Waals surface area contributed by atoms with Crippen LogP contribution in [0.15, 0.2) is 60.7 Å². The van der Waals surface area contributed by atoms with Crippen LogP contribution in [0.2, 0.25) is 0 Å². The first-order valence-corrected chi connectivity index (χ1v) is 11.9. The van der Waals surface area contributed by atoms with Crippen LogP contribution in [0.3, 0.4) is 0 Å². The van der Waals surface area contributed by atoms with Gasteiger partial charge in [-0.25, -0.2) is 0 Å². The summed E-state index contributed by atoms with van der Waals surface area (Å²) in [7, 11) is -3.67. The van der Waals surface area contributed by atoms with Gasteiger partial charge in [-0.1, -0.05) is 81.4 Å². The molecule has 0 unspecified atom stereocenters. The number of carboxylic acid groups (broad SMARTS) is 1. The summed E-state index contributed by atoms with van der Waals surface area (Å²) in [4.78, 5) is 11.7. The normalized spacial score (nSPS) is 13.9. The number of benzene rings is 2. The first kappa shape index (κ1) is 24.3. The van der Waals surface area contributed by atoms with Crippen LogP contribution in [0.1, 0.15) is 44.7 Å². The van der Waals surface area contributed by atoms with Crippen LogP contribution in [0, 0.1) is 5.92 Å². The largest absolute Gasteiger partial charge is 0.480 e. The molecule has 0 amide bonds. The molecule has 0 aromatic heterocycles. The highest BCUT2D eigenvalue weighted by Crippen LogP contribution is 2.54. The maximum atomic E-state index is 13.8. The molecule has 0 aliphatic carbocycles. The number of carbonyl (C=O) groups is 1. The first-order valence-electron chi connectivity index (χ1n) is 10.3. The van der Waals surface area contributed by atoms with E-state index in [-0.39, 0.29) is 19.1 Å². The predicted octanol–water partition coefficient (Wildman–Crippen LogP) is 5.44. The van der Waals surface area contributed by atoms with Crippen LogP contribution in [-0.4, -0.2) is 22.9 Å². The van der Waals surface area contributed by atoms with Crippen LogP contribution in [0.4, 0.5) is 0 Å². The second kappa shape index (κ2) is 12.0. The third-order valence-electron chi connectivity index (χ3n) is 4.68. The van der Waals surface area contributed by atoms with Crippen molar-refractivity contribution in [2.24, 2.45) is 5.92 Å². The van der Waals surface area contributed by atoms with Crippen LogP contribution < -0.4 is 5.32 Å². The average molecular weight is 433 g/mol. The predicted molar refractivity (Wildman–Crippen MR) is 118 cm³/mol. The Morgan fingerprint density at radius 1 is 0.967 bits per heavy atom. The third-order valence-corrected chi connectivity index (χ3v) is 6.93. The second-order valence-corrected chi connectivity index (χ2v) is 9.89. The van der Waals surface area contributed by atoms with Gasteiger partial charge in [0.15, 0.2) is 0 Å². The van der Waals surface area contributed by atoms with Gasteiger partial charge in [-0.2, -0.15) is 0 Å². The lowest BCUT2D eigenvalue weighted by atomic mass is 10.0. The first-order chi connectivity index (χ1) is 14.3. The lowest BCUT2D eigenvalue weighted by Crippen LogP contribution is -2.44. The van der Waals surface area contributed by atoms with Crippen molar-refractivity contribution in [1.82, 2.24) is 5.32 Å². The molecule has 0 spiro atoms. The van der Waals surface area contributed by atoms with E-state index in [9.17, 15) is 14.5 Å². The molecule has 0 aliphatic heterocycles. The number of hydrogen-bond acceptors (Lipinski definition) is 5. The van der Waals surface area contributed by atoms with Gasteiger partial charge >= 0.3 is 13.6 Å². The highest BCUT2D eigenvalue weighted by atomic mass is 31.2. The van der Waals surface area contributed by atoms with Crippen LogP contribution in [-0.2, 0) is 31.6 Å². The van der Waals surface area contributed by atoms with Gasteiger partial charge in [0, 0.05) is 0 Å². The van der Waals surface area contributed by atoms with Gasteiger partial charge in [-0.05, 0) is 29.9 Å². The maximum Gasteiger partial charge on any atom is 0.348 e. The molecular formula is C23H32NO5P. The van der Waals surface area contributed by atoms with Gasteiger partial charge in [-0.15, -0.1) is 0 Å². The maximum absolute atomic E-state index is 13.8. The van der Waals surface area contributed by atoms with Crippen molar-refractivity contribution in [2.75, 3.05) is 0 Å². The molecule has 2 N–H and O–H groups in total. The molecule has 0 heterocycles. The van der Waals surface area contributed by atoms with Crippen molar-refractivity contribution in [1.29, 1.82) is 0 Å². The third kappa shape index (κ3) is 7.69. The Balaban J connectivity index is 2.21. The highest BCUT2D eigenvalue weighted by molar-refractivity contribution is 7.54. The van der Waals surface area contributed by atoms with Gasteiger partial charge in [0.2, 0.25) is 0 Å². The monoisotopic (exact) mass is 433 g/mol. The number of carboxylic acids is 1. The molecule has 0 radical (unpaired) electrons. The highest BCUT2D eigenvalue weighted by Gasteiger charge is 2.38. The van der Waals surface area contributed by atoms with Crippen LogP contribution in [0.25, 0.3) is 0 Å². The van der Waals surface area contributed by atoms with Crippen molar-refractivity contribution in [3.05, 3.63) is 71.8 Å². The molecule has 0 bridgehead atoms. The zero-order valence-electron chi connectivity index (χ0n) is 17.9. The number of rotatable bonds is 13. The van der Waals surface area contributed by atoms with Crippen molar-refractivity contribution >= 4 is 13.6 Å². The van der Waals surface area contributed by atoms with Gasteiger partial charge in [0.1, 0.15) is 11.8 Å². The zero-order valence-corrected chi connectivity index (χ0v) is 18.8. The van der Waals surface area contributed by atoms with E-state index in [0.29, 0.717) is 12.8 Å². The van der Waals surface area contributed by atoms with Gasteiger partial charge < -0.3 is 14.2 Å². The summed E-state index contributed by atoms with van der Waals surface area (Å²) in [6.07, 6.45) is 0.825. The SMILES string of the molecule is CC[C@@H](N[C@H](CC(C)C)C(=O)O)P(=O)(OCc1ccccc1)OCc1ccccc1. The van der Waals surface area contributed by atoms with Gasteiger partial charge in [0.25, 0.3) is 0 Å². The summed E-state index contributed by atoms with van der Waals surface area (Å²) in [5.74, 6) is -1.53. The second-order valence-electron chi connectivity index (χ2n) is 7.67. The van der Waals surface area contributed by atoms with E-state index in [0.717, 1.165) is 11.1 Å². The minimum absolute atomic E-state index is 0.118. The fourth-order valence-corrected chi connectivity index (χ4v) is 4.97. The lowest BCUT2D eigenvalue weighted by Gasteiger charge is -2.30. The summed E-state index contributed by atoms with van der Waals surface area (Å²) in [6.45, 7) is 5.99. The molecule has 2 aromatic rings. The molecule has 2 rings (SSSR count). The van der Waals surface area contributed by atoms with Crippen molar-refractivity contribution in [3.8, 4) is 0 Å². The quantitative estimate of drug-likeness (QED) is 0.409. The molecule has 0 aliphatic rings. The van der Waals surface area contributed by atoms with E-state index >= 15 is 0 Å². The van der Waals surface area contributed by atoms with Gasteiger partial charge in [-0.3, -0.25) is 14.7 Å². The molecule has 2 aromatic carbocycles. The zero-order chi connectivity index (χ0) is 22.0. The van der Waals surface area contributed by atoms with Crippen molar-refractivity contribution in [2.45, 2.75) is 58.7 Å². The lowest BCUT2D eigenvalue weighted by molar-refractivity contribution is -0.140. The van der Waals surface area contributed by atoms with E-state index < -0.39 is 25.4 Å². The molecule has 6 nitrogen and oxygen atoms in total. The summed E-state index contributed by atoms with van der Waals surface area (Å²) >= 11 is 0. The minimum Gasteiger partial charge on any atom is -0.480 e. The van der Waals surface area contributed by atoms with Crippen LogP contribution >= 0.6 is 7.60 Å². The molecule has 0 saturated heterocycles. The fourth-order valence-electron chi connectivity index (χ4n) is 3.07. The smallest absolute Gasteiger partial charge is 0.348 e. The molecule has 0 fully saturated rings. The molecular weight excluding hydrogens is 401 g/mol. The molecule has 30 heavy (non-hydrogen) atoms. The summed E-state index contributed by atoms with van der Waals surface area (Å²) in [6, 6.07) is 18.0. The Morgan fingerprint density at radius 3 is 1.80 bits per heavy atom. The molecule has 2 atom stereocenters. The fraction of sp³-hybridized carbons (Fsp3) is 0.435. The van der Waals surface area contributed by atoms with Crippen molar-refractivity contribution < 1.29 is 23.5 Å².